The quantitative estimate of drug-likeness (QED) is 0.408. The molecule has 16 heavy (non-hydrogen) atoms. The van der Waals surface area contributed by atoms with Gasteiger partial charge in [-0.2, -0.15) is 0 Å². The number of hydrogen-bond donors (Lipinski definition) is 0. The van der Waals surface area contributed by atoms with Crippen molar-refractivity contribution in [2.75, 3.05) is 6.61 Å². The molecule has 3 heteroatoms. The second-order valence-electron chi connectivity index (χ2n) is 5.30. The molecule has 0 amide bonds. The average molecular weight is 222 g/mol. The van der Waals surface area contributed by atoms with Gasteiger partial charge in [-0.25, -0.2) is 0 Å². The SMILES string of the molecule is CCOC(=O)[C@]12C=CC(C)(C)[C@H](CC1)C2=O. The van der Waals surface area contributed by atoms with E-state index in [1.165, 1.54) is 0 Å². The number of fused-ring (bicyclic) bond motifs is 2. The van der Waals surface area contributed by atoms with Crippen molar-refractivity contribution >= 4 is 11.8 Å². The maximum Gasteiger partial charge on any atom is 0.323 e. The fourth-order valence-corrected chi connectivity index (χ4v) is 2.82. The van der Waals surface area contributed by atoms with E-state index in [1.807, 2.05) is 19.9 Å². The van der Waals surface area contributed by atoms with Crippen LogP contribution in [0.1, 0.15) is 33.6 Å². The minimum atomic E-state index is -0.962. The summed E-state index contributed by atoms with van der Waals surface area (Å²) in [6.45, 7) is 6.19. The van der Waals surface area contributed by atoms with E-state index >= 15 is 0 Å². The summed E-state index contributed by atoms with van der Waals surface area (Å²) in [4.78, 5) is 24.2. The van der Waals surface area contributed by atoms with Gasteiger partial charge in [-0.15, -0.1) is 0 Å². The highest BCUT2D eigenvalue weighted by atomic mass is 16.5. The molecule has 0 spiro atoms. The Hall–Kier alpha value is -1.12. The molecule has 0 saturated heterocycles. The van der Waals surface area contributed by atoms with Crippen molar-refractivity contribution in [3.8, 4) is 0 Å². The Labute approximate surface area is 95.9 Å². The van der Waals surface area contributed by atoms with E-state index in [2.05, 4.69) is 0 Å². The van der Waals surface area contributed by atoms with Gasteiger partial charge in [0.2, 0.25) is 0 Å². The van der Waals surface area contributed by atoms with Crippen molar-refractivity contribution in [2.24, 2.45) is 16.7 Å². The first kappa shape index (κ1) is 11.4. The third-order valence-electron chi connectivity index (χ3n) is 3.92. The van der Waals surface area contributed by atoms with Gasteiger partial charge in [-0.3, -0.25) is 9.59 Å². The molecule has 88 valence electrons. The lowest BCUT2D eigenvalue weighted by Gasteiger charge is -2.34. The number of rotatable bonds is 2. The zero-order chi connectivity index (χ0) is 12.0. The molecule has 2 aliphatic rings. The molecule has 0 radical (unpaired) electrons. The zero-order valence-corrected chi connectivity index (χ0v) is 10.1. The molecular weight excluding hydrogens is 204 g/mol. The van der Waals surface area contributed by atoms with Crippen LogP contribution in [0.15, 0.2) is 12.2 Å². The summed E-state index contributed by atoms with van der Waals surface area (Å²) in [5.74, 6) is -0.338. The normalized spacial score (nSPS) is 35.2. The molecule has 0 heterocycles. The fourth-order valence-electron chi connectivity index (χ4n) is 2.82. The van der Waals surface area contributed by atoms with Crippen molar-refractivity contribution < 1.29 is 14.3 Å². The summed E-state index contributed by atoms with van der Waals surface area (Å²) in [6, 6.07) is 0. The smallest absolute Gasteiger partial charge is 0.323 e. The second-order valence-corrected chi connectivity index (χ2v) is 5.30. The van der Waals surface area contributed by atoms with Crippen LogP contribution in [0, 0.1) is 16.7 Å². The molecule has 0 N–H and O–H groups in total. The van der Waals surface area contributed by atoms with Crippen molar-refractivity contribution in [3.63, 3.8) is 0 Å². The summed E-state index contributed by atoms with van der Waals surface area (Å²) in [6.07, 6.45) is 5.17. The van der Waals surface area contributed by atoms with Gasteiger partial charge in [0.05, 0.1) is 6.61 Å². The predicted molar refractivity (Wildman–Crippen MR) is 59.7 cm³/mol. The molecule has 0 unspecified atom stereocenters. The van der Waals surface area contributed by atoms with E-state index in [-0.39, 0.29) is 23.1 Å². The van der Waals surface area contributed by atoms with Crippen LogP contribution in [-0.2, 0) is 14.3 Å². The van der Waals surface area contributed by atoms with Crippen LogP contribution in [0.4, 0.5) is 0 Å². The molecule has 1 fully saturated rings. The maximum atomic E-state index is 12.3. The lowest BCUT2D eigenvalue weighted by atomic mass is 9.69. The number of carbonyl (C=O) groups excluding carboxylic acids is 2. The van der Waals surface area contributed by atoms with E-state index in [1.54, 1.807) is 13.0 Å². The molecule has 0 aromatic rings. The molecule has 1 saturated carbocycles. The Morgan fingerprint density at radius 2 is 2.19 bits per heavy atom. The number of ketones is 1. The Morgan fingerprint density at radius 3 is 2.81 bits per heavy atom. The highest BCUT2D eigenvalue weighted by Crippen LogP contribution is 2.52. The molecule has 0 aromatic carbocycles. The predicted octanol–water partition coefficient (Wildman–Crippen LogP) is 2.11. The van der Waals surface area contributed by atoms with Crippen molar-refractivity contribution in [2.45, 2.75) is 33.6 Å². The molecule has 2 atom stereocenters. The van der Waals surface area contributed by atoms with Crippen LogP contribution >= 0.6 is 0 Å². The first-order valence-electron chi connectivity index (χ1n) is 5.86. The Kier molecular flexibility index (Phi) is 2.44. The van der Waals surface area contributed by atoms with Gasteiger partial charge in [0.25, 0.3) is 0 Å². The molecule has 0 aliphatic heterocycles. The lowest BCUT2D eigenvalue weighted by Crippen LogP contribution is -2.43. The van der Waals surface area contributed by atoms with Crippen LogP contribution in [0.3, 0.4) is 0 Å². The Balaban J connectivity index is 2.38. The maximum absolute atomic E-state index is 12.3. The molecular formula is C13H18O3. The summed E-state index contributed by atoms with van der Waals surface area (Å²) >= 11 is 0. The van der Waals surface area contributed by atoms with Crippen LogP contribution in [0.2, 0.25) is 0 Å². The second kappa shape index (κ2) is 3.44. The first-order valence-corrected chi connectivity index (χ1v) is 5.86. The van der Waals surface area contributed by atoms with Gasteiger partial charge in [-0.05, 0) is 25.2 Å². The molecule has 2 bridgehead atoms. The number of Topliss-reactive ketones (excluding diaryl/α,β-unsaturated/α-hetero) is 1. The summed E-state index contributed by atoms with van der Waals surface area (Å²) < 4.78 is 5.03. The highest BCUT2D eigenvalue weighted by molar-refractivity contribution is 6.09. The third-order valence-corrected chi connectivity index (χ3v) is 3.92. The van der Waals surface area contributed by atoms with Gasteiger partial charge in [0, 0.05) is 5.92 Å². The van der Waals surface area contributed by atoms with E-state index in [9.17, 15) is 9.59 Å². The van der Waals surface area contributed by atoms with Gasteiger partial charge in [-0.1, -0.05) is 26.0 Å². The van der Waals surface area contributed by atoms with Gasteiger partial charge >= 0.3 is 5.97 Å². The van der Waals surface area contributed by atoms with Gasteiger partial charge in [0.15, 0.2) is 5.78 Å². The van der Waals surface area contributed by atoms with Crippen molar-refractivity contribution in [3.05, 3.63) is 12.2 Å². The number of esters is 1. The van der Waals surface area contributed by atoms with Crippen LogP contribution in [0.5, 0.6) is 0 Å². The minimum absolute atomic E-state index is 0.0260. The fraction of sp³-hybridized carbons (Fsp3) is 0.692. The minimum Gasteiger partial charge on any atom is -0.465 e. The number of allylic oxidation sites excluding steroid dienone is 1. The van der Waals surface area contributed by atoms with Crippen molar-refractivity contribution in [1.82, 2.24) is 0 Å². The van der Waals surface area contributed by atoms with Gasteiger partial charge in [0.1, 0.15) is 5.41 Å². The molecule has 3 nitrogen and oxygen atoms in total. The number of ether oxygens (including phenoxy) is 1. The first-order chi connectivity index (χ1) is 7.44. The van der Waals surface area contributed by atoms with E-state index in [4.69, 9.17) is 4.74 Å². The van der Waals surface area contributed by atoms with Crippen LogP contribution in [0.25, 0.3) is 0 Å². The van der Waals surface area contributed by atoms with E-state index in [0.29, 0.717) is 13.0 Å². The van der Waals surface area contributed by atoms with Crippen molar-refractivity contribution in [1.29, 1.82) is 0 Å². The highest BCUT2D eigenvalue weighted by Gasteiger charge is 2.58. The van der Waals surface area contributed by atoms with E-state index < -0.39 is 5.41 Å². The number of carbonyl (C=O) groups is 2. The van der Waals surface area contributed by atoms with Gasteiger partial charge < -0.3 is 4.74 Å². The monoisotopic (exact) mass is 222 g/mol. The standard InChI is InChI=1S/C13H18O3/c1-4-16-11(15)13-6-5-9(10(13)14)12(2,3)7-8-13/h7-9H,4-6H2,1-3H3/t9-,13+/m1/s1. The molecule has 2 aliphatic carbocycles. The van der Waals surface area contributed by atoms with E-state index in [0.717, 1.165) is 6.42 Å². The average Bonchev–Trinajstić information content (AvgIpc) is 2.47. The lowest BCUT2D eigenvalue weighted by molar-refractivity contribution is -0.156. The number of hydrogen-bond acceptors (Lipinski definition) is 3. The summed E-state index contributed by atoms with van der Waals surface area (Å²) in [5.41, 5.74) is -1.08. The summed E-state index contributed by atoms with van der Waals surface area (Å²) in [7, 11) is 0. The topological polar surface area (TPSA) is 43.4 Å². The molecule has 0 aromatic heterocycles. The largest absolute Gasteiger partial charge is 0.465 e. The Morgan fingerprint density at radius 1 is 1.50 bits per heavy atom. The Bertz CT molecular complexity index is 367. The zero-order valence-electron chi connectivity index (χ0n) is 10.1. The van der Waals surface area contributed by atoms with Crippen LogP contribution < -0.4 is 0 Å². The third kappa shape index (κ3) is 1.34. The molecule has 2 rings (SSSR count). The van der Waals surface area contributed by atoms with Crippen LogP contribution in [-0.4, -0.2) is 18.4 Å². The summed E-state index contributed by atoms with van der Waals surface area (Å²) in [5, 5.41) is 0.